The third-order valence-electron chi connectivity index (χ3n) is 3.03. The Labute approximate surface area is 124 Å². The van der Waals surface area contributed by atoms with Gasteiger partial charge in [-0.1, -0.05) is 13.8 Å². The minimum atomic E-state index is -0.831. The Morgan fingerprint density at radius 1 is 1.33 bits per heavy atom. The van der Waals surface area contributed by atoms with E-state index < -0.39 is 5.97 Å². The van der Waals surface area contributed by atoms with E-state index in [0.29, 0.717) is 25.6 Å². The molecule has 118 valence electrons. The number of carbonyl (C=O) groups excluding carboxylic acids is 1. The number of imidazole rings is 1. The summed E-state index contributed by atoms with van der Waals surface area (Å²) in [5.41, 5.74) is 0. The third kappa shape index (κ3) is 7.96. The standard InChI is InChI=1S/C14H24N4O3/c1-11(2)7-12(8-13(19)20)9-17-14(21)16-4-6-18-5-3-15-10-18/h3,5,10-12H,4,6-9H2,1-2H3,(H,19,20)(H2,16,17,21). The van der Waals surface area contributed by atoms with Crippen molar-refractivity contribution >= 4 is 12.0 Å². The summed E-state index contributed by atoms with van der Waals surface area (Å²) in [6.07, 6.45) is 6.05. The highest BCUT2D eigenvalue weighted by Crippen LogP contribution is 2.14. The second-order valence-electron chi connectivity index (χ2n) is 5.53. The smallest absolute Gasteiger partial charge is 0.314 e. The number of aromatic nitrogens is 2. The van der Waals surface area contributed by atoms with Crippen LogP contribution in [0.3, 0.4) is 0 Å². The van der Waals surface area contributed by atoms with E-state index in [-0.39, 0.29) is 18.4 Å². The monoisotopic (exact) mass is 296 g/mol. The van der Waals surface area contributed by atoms with Gasteiger partial charge in [0.25, 0.3) is 0 Å². The highest BCUT2D eigenvalue weighted by molar-refractivity contribution is 5.74. The molecule has 0 spiro atoms. The van der Waals surface area contributed by atoms with Gasteiger partial charge in [0.1, 0.15) is 0 Å². The SMILES string of the molecule is CC(C)CC(CNC(=O)NCCn1ccnc1)CC(=O)O. The number of urea groups is 1. The van der Waals surface area contributed by atoms with Crippen molar-refractivity contribution in [2.24, 2.45) is 11.8 Å². The molecule has 0 fully saturated rings. The third-order valence-corrected chi connectivity index (χ3v) is 3.03. The summed E-state index contributed by atoms with van der Waals surface area (Å²) < 4.78 is 1.87. The maximum Gasteiger partial charge on any atom is 0.314 e. The van der Waals surface area contributed by atoms with E-state index in [1.54, 1.807) is 12.5 Å². The highest BCUT2D eigenvalue weighted by Gasteiger charge is 2.15. The predicted molar refractivity (Wildman–Crippen MR) is 78.8 cm³/mol. The number of carbonyl (C=O) groups is 2. The Morgan fingerprint density at radius 3 is 2.67 bits per heavy atom. The lowest BCUT2D eigenvalue weighted by Gasteiger charge is -2.18. The van der Waals surface area contributed by atoms with Crippen molar-refractivity contribution in [1.29, 1.82) is 0 Å². The molecular formula is C14H24N4O3. The fourth-order valence-corrected chi connectivity index (χ4v) is 2.17. The number of carboxylic acids is 1. The molecule has 1 aromatic heterocycles. The Morgan fingerprint density at radius 2 is 2.10 bits per heavy atom. The Balaban J connectivity index is 2.23. The van der Waals surface area contributed by atoms with E-state index >= 15 is 0 Å². The number of nitrogens with zero attached hydrogens (tertiary/aromatic N) is 2. The first-order valence-electron chi connectivity index (χ1n) is 7.16. The van der Waals surface area contributed by atoms with Crippen molar-refractivity contribution in [3.63, 3.8) is 0 Å². The van der Waals surface area contributed by atoms with Crippen LogP contribution in [0.15, 0.2) is 18.7 Å². The van der Waals surface area contributed by atoms with Crippen LogP contribution in [0.4, 0.5) is 4.79 Å². The number of nitrogens with one attached hydrogen (secondary N) is 2. The van der Waals surface area contributed by atoms with Gasteiger partial charge in [-0.25, -0.2) is 9.78 Å². The number of hydrogen-bond acceptors (Lipinski definition) is 3. The van der Waals surface area contributed by atoms with Gasteiger partial charge < -0.3 is 20.3 Å². The summed E-state index contributed by atoms with van der Waals surface area (Å²) >= 11 is 0. The van der Waals surface area contributed by atoms with Gasteiger partial charge in [0.05, 0.1) is 6.33 Å². The first kappa shape index (κ1) is 17.0. The van der Waals surface area contributed by atoms with Crippen molar-refractivity contribution < 1.29 is 14.7 Å². The summed E-state index contributed by atoms with van der Waals surface area (Å²) in [7, 11) is 0. The van der Waals surface area contributed by atoms with Crippen LogP contribution in [0.5, 0.6) is 0 Å². The first-order valence-corrected chi connectivity index (χ1v) is 7.16. The van der Waals surface area contributed by atoms with Crippen molar-refractivity contribution in [1.82, 2.24) is 20.2 Å². The van der Waals surface area contributed by atoms with E-state index in [2.05, 4.69) is 15.6 Å². The average molecular weight is 296 g/mol. The molecule has 0 saturated carbocycles. The lowest BCUT2D eigenvalue weighted by molar-refractivity contribution is -0.138. The molecule has 3 N–H and O–H groups in total. The summed E-state index contributed by atoms with van der Waals surface area (Å²) in [6, 6.07) is -0.269. The molecule has 2 amide bonds. The highest BCUT2D eigenvalue weighted by atomic mass is 16.4. The second kappa shape index (κ2) is 8.99. The molecule has 0 aliphatic heterocycles. The van der Waals surface area contributed by atoms with Crippen molar-refractivity contribution in [3.05, 3.63) is 18.7 Å². The van der Waals surface area contributed by atoms with Crippen LogP contribution in [-0.4, -0.2) is 39.7 Å². The number of carboxylic acid groups (broad SMARTS) is 1. The van der Waals surface area contributed by atoms with Crippen LogP contribution in [0, 0.1) is 11.8 Å². The number of aliphatic carboxylic acids is 1. The molecule has 0 aliphatic rings. The van der Waals surface area contributed by atoms with Gasteiger partial charge in [-0.05, 0) is 18.3 Å². The molecule has 0 aliphatic carbocycles. The van der Waals surface area contributed by atoms with Gasteiger partial charge in [0.2, 0.25) is 0 Å². The quantitative estimate of drug-likeness (QED) is 0.640. The topological polar surface area (TPSA) is 96.3 Å². The van der Waals surface area contributed by atoms with E-state index in [0.717, 1.165) is 6.42 Å². The Kier molecular flexibility index (Phi) is 7.28. The van der Waals surface area contributed by atoms with Crippen LogP contribution in [0.1, 0.15) is 26.7 Å². The van der Waals surface area contributed by atoms with E-state index in [9.17, 15) is 9.59 Å². The minimum absolute atomic E-state index is 0.0399. The van der Waals surface area contributed by atoms with Gasteiger partial charge in [-0.2, -0.15) is 0 Å². The minimum Gasteiger partial charge on any atom is -0.481 e. The van der Waals surface area contributed by atoms with Crippen LogP contribution < -0.4 is 10.6 Å². The zero-order valence-corrected chi connectivity index (χ0v) is 12.6. The fraction of sp³-hybridized carbons (Fsp3) is 0.643. The Hall–Kier alpha value is -2.05. The molecule has 21 heavy (non-hydrogen) atoms. The van der Waals surface area contributed by atoms with Crippen LogP contribution >= 0.6 is 0 Å². The van der Waals surface area contributed by atoms with Crippen LogP contribution in [0.25, 0.3) is 0 Å². The molecule has 0 radical (unpaired) electrons. The Bertz CT molecular complexity index is 431. The molecule has 0 bridgehead atoms. The zero-order chi connectivity index (χ0) is 15.7. The molecule has 7 nitrogen and oxygen atoms in total. The molecule has 7 heteroatoms. The van der Waals surface area contributed by atoms with E-state index in [1.165, 1.54) is 0 Å². The maximum absolute atomic E-state index is 11.7. The predicted octanol–water partition coefficient (Wildman–Crippen LogP) is 1.32. The zero-order valence-electron chi connectivity index (χ0n) is 12.6. The van der Waals surface area contributed by atoms with Gasteiger partial charge in [-0.3, -0.25) is 4.79 Å². The van der Waals surface area contributed by atoms with Crippen molar-refractivity contribution in [2.45, 2.75) is 33.2 Å². The maximum atomic E-state index is 11.7. The summed E-state index contributed by atoms with van der Waals surface area (Å²) in [5.74, 6) is -0.467. The molecule has 1 rings (SSSR count). The summed E-state index contributed by atoms with van der Waals surface area (Å²) in [6.45, 7) is 5.61. The number of rotatable bonds is 9. The summed E-state index contributed by atoms with van der Waals surface area (Å²) in [4.78, 5) is 26.4. The van der Waals surface area contributed by atoms with Gasteiger partial charge in [0, 0.05) is 38.4 Å². The second-order valence-corrected chi connectivity index (χ2v) is 5.53. The normalized spacial score (nSPS) is 12.1. The van der Waals surface area contributed by atoms with Gasteiger partial charge >= 0.3 is 12.0 Å². The largest absolute Gasteiger partial charge is 0.481 e. The van der Waals surface area contributed by atoms with Crippen molar-refractivity contribution in [3.8, 4) is 0 Å². The molecule has 0 aromatic carbocycles. The van der Waals surface area contributed by atoms with Crippen molar-refractivity contribution in [2.75, 3.05) is 13.1 Å². The van der Waals surface area contributed by atoms with Crippen LogP contribution in [0.2, 0.25) is 0 Å². The van der Waals surface area contributed by atoms with E-state index in [1.807, 2.05) is 24.6 Å². The van der Waals surface area contributed by atoms with Gasteiger partial charge in [-0.15, -0.1) is 0 Å². The lowest BCUT2D eigenvalue weighted by atomic mass is 9.94. The lowest BCUT2D eigenvalue weighted by Crippen LogP contribution is -2.40. The molecule has 1 atom stereocenters. The molecule has 0 saturated heterocycles. The molecule has 1 unspecified atom stereocenters. The summed E-state index contributed by atoms with van der Waals surface area (Å²) in [5, 5.41) is 14.3. The molecular weight excluding hydrogens is 272 g/mol. The number of hydrogen-bond donors (Lipinski definition) is 3. The molecule has 1 aromatic rings. The number of amides is 2. The first-order chi connectivity index (χ1) is 9.97. The van der Waals surface area contributed by atoms with E-state index in [4.69, 9.17) is 5.11 Å². The average Bonchev–Trinajstić information content (AvgIpc) is 2.88. The van der Waals surface area contributed by atoms with Crippen LogP contribution in [-0.2, 0) is 11.3 Å². The fourth-order valence-electron chi connectivity index (χ4n) is 2.17. The molecule has 1 heterocycles. The van der Waals surface area contributed by atoms with Gasteiger partial charge in [0.15, 0.2) is 0 Å².